The molecule has 1 amide bonds. The van der Waals surface area contributed by atoms with E-state index in [9.17, 15) is 4.79 Å². The Labute approximate surface area is 209 Å². The van der Waals surface area contributed by atoms with Crippen LogP contribution in [0.5, 0.6) is 5.88 Å². The molecule has 2 N–H and O–H groups in total. The highest BCUT2D eigenvalue weighted by Gasteiger charge is 2.32. The highest BCUT2D eigenvalue weighted by atomic mass is 35.5. The van der Waals surface area contributed by atoms with Gasteiger partial charge in [-0.2, -0.15) is 0 Å². The van der Waals surface area contributed by atoms with Gasteiger partial charge in [0, 0.05) is 29.3 Å². The van der Waals surface area contributed by atoms with E-state index in [1.54, 1.807) is 4.90 Å². The highest BCUT2D eigenvalue weighted by molar-refractivity contribution is 6.15. The number of carbonyl (C=O) groups excluding carboxylic acids is 1. The van der Waals surface area contributed by atoms with E-state index in [1.165, 1.54) is 23.8 Å². The van der Waals surface area contributed by atoms with Crippen molar-refractivity contribution in [2.75, 3.05) is 30.2 Å². The maximum Gasteiger partial charge on any atom is 0.267 e. The van der Waals surface area contributed by atoms with E-state index in [0.29, 0.717) is 19.1 Å². The van der Waals surface area contributed by atoms with E-state index in [1.807, 2.05) is 19.2 Å². The molecule has 6 rings (SSSR count). The van der Waals surface area contributed by atoms with Crippen molar-refractivity contribution in [1.29, 1.82) is 0 Å². The van der Waals surface area contributed by atoms with Gasteiger partial charge in [-0.1, -0.05) is 7.43 Å². The molecule has 35 heavy (non-hydrogen) atoms. The quantitative estimate of drug-likeness (QED) is 0.399. The fourth-order valence-corrected chi connectivity index (χ4v) is 4.39. The summed E-state index contributed by atoms with van der Waals surface area (Å²) in [5.41, 5.74) is 11.5. The lowest BCUT2D eigenvalue weighted by molar-refractivity contribution is 0.0990. The van der Waals surface area contributed by atoms with Crippen molar-refractivity contribution in [2.45, 2.75) is 33.1 Å². The van der Waals surface area contributed by atoms with Gasteiger partial charge in [-0.25, -0.2) is 9.97 Å². The van der Waals surface area contributed by atoms with Crippen molar-refractivity contribution < 1.29 is 9.53 Å². The number of nitrogens with zero attached hydrogens (tertiary/aromatic N) is 5. The zero-order valence-electron chi connectivity index (χ0n) is 19.0. The summed E-state index contributed by atoms with van der Waals surface area (Å²) < 4.78 is 7.88. The summed E-state index contributed by atoms with van der Waals surface area (Å²) in [5, 5.41) is 1.08. The first-order valence-corrected chi connectivity index (χ1v) is 11.9. The second-order valence-corrected chi connectivity index (χ2v) is 8.33. The number of amides is 1. The zero-order valence-corrected chi connectivity index (χ0v) is 19.8. The van der Waals surface area contributed by atoms with Crippen LogP contribution in [0.4, 0.5) is 11.5 Å². The van der Waals surface area contributed by atoms with Crippen molar-refractivity contribution in [3.63, 3.8) is 0 Å². The average Bonchev–Trinajstić information content (AvgIpc) is 3.64. The summed E-state index contributed by atoms with van der Waals surface area (Å²) in [6, 6.07) is 10.4. The van der Waals surface area contributed by atoms with Crippen molar-refractivity contribution in [1.82, 2.24) is 19.5 Å². The topological polar surface area (TPSA) is 99.2 Å². The van der Waals surface area contributed by atoms with E-state index in [4.69, 9.17) is 10.5 Å². The molecule has 3 aromatic heterocycles. The van der Waals surface area contributed by atoms with Crippen LogP contribution in [-0.4, -0.2) is 45.0 Å². The summed E-state index contributed by atoms with van der Waals surface area (Å²) in [7, 11) is 0. The van der Waals surface area contributed by atoms with Crippen LogP contribution < -0.4 is 15.4 Å². The van der Waals surface area contributed by atoms with Crippen molar-refractivity contribution in [2.24, 2.45) is 0 Å². The molecule has 9 heteroatoms. The molecular weight excluding hydrogens is 464 g/mol. The standard InChI is InChI=1S/C24H22N6O2.CH3Cl.CH4/c1-14-2-5-17(12-26-14)29-7-6-16-10-18(11-19(21(16)29)15-3-4-15)30-8-9-32-23-20(24(30)31)22(25)27-13-28-23;1-2;/h2,5-7,10-13,15H,3-4,8-9H2,1H3,(H2,25,27,28);1H3;1H4. The third kappa shape index (κ3) is 4.41. The number of benzene rings is 1. The van der Waals surface area contributed by atoms with Gasteiger partial charge in [0.1, 0.15) is 24.3 Å². The van der Waals surface area contributed by atoms with E-state index in [2.05, 4.69) is 61.6 Å². The fraction of sp³-hybridized carbons (Fsp3) is 0.308. The number of anilines is 2. The van der Waals surface area contributed by atoms with Gasteiger partial charge in [0.05, 0.1) is 23.9 Å². The second kappa shape index (κ2) is 9.92. The Balaban J connectivity index is 0.000000940. The minimum absolute atomic E-state index is 0. The van der Waals surface area contributed by atoms with Crippen LogP contribution in [0.2, 0.25) is 0 Å². The summed E-state index contributed by atoms with van der Waals surface area (Å²) >= 11 is 4.64. The van der Waals surface area contributed by atoms with Gasteiger partial charge in [-0.15, -0.1) is 11.6 Å². The lowest BCUT2D eigenvalue weighted by Gasteiger charge is -2.22. The molecule has 1 aromatic carbocycles. The normalized spacial score (nSPS) is 14.8. The molecule has 1 fully saturated rings. The van der Waals surface area contributed by atoms with Crippen molar-refractivity contribution in [3.05, 3.63) is 65.9 Å². The molecule has 1 saturated carbocycles. The number of nitrogen functional groups attached to an aromatic ring is 1. The maximum atomic E-state index is 13.4. The van der Waals surface area contributed by atoms with Gasteiger partial charge < -0.3 is 19.9 Å². The number of aryl methyl sites for hydroxylation is 1. The molecule has 0 unspecified atom stereocenters. The van der Waals surface area contributed by atoms with Crippen LogP contribution in [0.25, 0.3) is 16.6 Å². The first-order chi connectivity index (χ1) is 16.6. The van der Waals surface area contributed by atoms with Gasteiger partial charge in [0.25, 0.3) is 5.91 Å². The Morgan fingerprint density at radius 1 is 1.09 bits per heavy atom. The first-order valence-electron chi connectivity index (χ1n) is 11.1. The molecule has 0 bridgehead atoms. The van der Waals surface area contributed by atoms with E-state index in [0.717, 1.165) is 35.3 Å². The van der Waals surface area contributed by atoms with Gasteiger partial charge in [0.15, 0.2) is 0 Å². The number of pyridine rings is 1. The summed E-state index contributed by atoms with van der Waals surface area (Å²) in [4.78, 5) is 27.7. The number of hydrogen-bond acceptors (Lipinski definition) is 6. The Morgan fingerprint density at radius 3 is 2.60 bits per heavy atom. The summed E-state index contributed by atoms with van der Waals surface area (Å²) in [6.45, 7) is 2.73. The van der Waals surface area contributed by atoms with Crippen LogP contribution in [0.1, 0.15) is 47.8 Å². The van der Waals surface area contributed by atoms with Crippen molar-refractivity contribution in [3.8, 4) is 11.6 Å². The molecule has 0 atom stereocenters. The number of aromatic nitrogens is 4. The maximum absolute atomic E-state index is 13.4. The van der Waals surface area contributed by atoms with Gasteiger partial charge in [0.2, 0.25) is 5.88 Å². The predicted octanol–water partition coefficient (Wildman–Crippen LogP) is 5.11. The van der Waals surface area contributed by atoms with Crippen molar-refractivity contribution >= 4 is 39.9 Å². The van der Waals surface area contributed by atoms with Gasteiger partial charge in [-0.3, -0.25) is 9.78 Å². The predicted molar refractivity (Wildman–Crippen MR) is 140 cm³/mol. The monoisotopic (exact) mass is 492 g/mol. The minimum atomic E-state index is -0.237. The van der Waals surface area contributed by atoms with Crippen LogP contribution in [0.15, 0.2) is 49.1 Å². The Morgan fingerprint density at radius 2 is 1.89 bits per heavy atom. The van der Waals surface area contributed by atoms with Crippen LogP contribution >= 0.6 is 11.6 Å². The average molecular weight is 493 g/mol. The van der Waals surface area contributed by atoms with E-state index < -0.39 is 0 Å². The van der Waals surface area contributed by atoms with Crippen LogP contribution in [-0.2, 0) is 0 Å². The highest BCUT2D eigenvalue weighted by Crippen LogP contribution is 2.45. The minimum Gasteiger partial charge on any atom is -0.475 e. The molecule has 8 nitrogen and oxygen atoms in total. The molecule has 0 spiro atoms. The molecule has 4 aromatic rings. The Hall–Kier alpha value is -3.65. The Bertz CT molecular complexity index is 1360. The fourth-order valence-electron chi connectivity index (χ4n) is 4.39. The third-order valence-corrected chi connectivity index (χ3v) is 6.15. The summed E-state index contributed by atoms with van der Waals surface area (Å²) in [6.07, 6.45) is 9.06. The number of ether oxygens (including phenoxy) is 1. The number of fused-ring (bicyclic) bond motifs is 2. The molecule has 0 saturated heterocycles. The van der Waals surface area contributed by atoms with Gasteiger partial charge >= 0.3 is 0 Å². The molecule has 4 heterocycles. The lowest BCUT2D eigenvalue weighted by atomic mass is 10.0. The molecular formula is C26H29ClN6O2. The number of halogens is 1. The van der Waals surface area contributed by atoms with Gasteiger partial charge in [-0.05, 0) is 61.6 Å². The smallest absolute Gasteiger partial charge is 0.267 e. The number of nitrogens with two attached hydrogens (primary N) is 1. The van der Waals surface area contributed by atoms with Crippen LogP contribution in [0, 0.1) is 6.92 Å². The molecule has 1 aliphatic carbocycles. The Kier molecular flexibility index (Phi) is 6.93. The third-order valence-electron chi connectivity index (χ3n) is 6.15. The largest absolute Gasteiger partial charge is 0.475 e. The first kappa shape index (κ1) is 24.5. The van der Waals surface area contributed by atoms with Crippen LogP contribution in [0.3, 0.4) is 0 Å². The number of alkyl halides is 1. The SMILES string of the molecule is C.CCl.Cc1ccc(-n2ccc3cc(N4CCOc5ncnc(N)c5C4=O)cc(C4CC4)c32)cn1. The second-order valence-electron chi connectivity index (χ2n) is 8.33. The molecule has 2 aliphatic rings. The van der Waals surface area contributed by atoms with E-state index in [-0.39, 0.29) is 30.6 Å². The number of hydrogen-bond donors (Lipinski definition) is 1. The summed E-state index contributed by atoms with van der Waals surface area (Å²) in [5.74, 6) is 0.627. The molecule has 0 radical (unpaired) electrons. The molecule has 1 aliphatic heterocycles. The number of rotatable bonds is 3. The number of carbonyl (C=O) groups is 1. The zero-order chi connectivity index (χ0) is 23.8. The van der Waals surface area contributed by atoms with E-state index >= 15 is 0 Å². The molecule has 182 valence electrons. The lowest BCUT2D eigenvalue weighted by Crippen LogP contribution is -2.32.